The molecule has 0 spiro atoms. The fourth-order valence-corrected chi connectivity index (χ4v) is 2.16. The quantitative estimate of drug-likeness (QED) is 0.679. The molecule has 1 aromatic rings. The molecule has 0 amide bonds. The molecule has 1 heterocycles. The number of rotatable bonds is 8. The van der Waals surface area contributed by atoms with Gasteiger partial charge in [-0.25, -0.2) is 0 Å². The van der Waals surface area contributed by atoms with Crippen LogP contribution in [0.4, 0.5) is 0 Å². The van der Waals surface area contributed by atoms with Crippen molar-refractivity contribution in [2.75, 3.05) is 6.61 Å². The van der Waals surface area contributed by atoms with Crippen molar-refractivity contribution in [3.8, 4) is 0 Å². The van der Waals surface area contributed by atoms with Gasteiger partial charge in [0.25, 0.3) is 0 Å². The molecule has 0 radical (unpaired) electrons. The van der Waals surface area contributed by atoms with Gasteiger partial charge in [-0.05, 0) is 41.2 Å². The Labute approximate surface area is 135 Å². The Balaban J connectivity index is 0.000000367. The van der Waals surface area contributed by atoms with Gasteiger partial charge in [0.2, 0.25) is 15.9 Å². The fourth-order valence-electron chi connectivity index (χ4n) is 1.55. The molecule has 0 aliphatic carbocycles. The molecule has 0 fully saturated rings. The predicted molar refractivity (Wildman–Crippen MR) is 84.6 cm³/mol. The zero-order valence-corrected chi connectivity index (χ0v) is 14.1. The highest BCUT2D eigenvalue weighted by atomic mass is 35.5. The highest BCUT2D eigenvalue weighted by Crippen LogP contribution is 2.09. The average Bonchev–Trinajstić information content (AvgIpc) is 2.37. The molecule has 4 nitrogen and oxygen atoms in total. The van der Waals surface area contributed by atoms with E-state index in [4.69, 9.17) is 39.9 Å². The topological polar surface area (TPSA) is 58.9 Å². The lowest BCUT2D eigenvalue weighted by molar-refractivity contribution is 0.282. The van der Waals surface area contributed by atoms with E-state index in [0.29, 0.717) is 6.61 Å². The zero-order valence-electron chi connectivity index (χ0n) is 11.8. The molecule has 0 aliphatic heterocycles. The molecule has 1 N–H and O–H groups in total. The Morgan fingerprint density at radius 1 is 0.700 bits per heavy atom. The third-order valence-corrected chi connectivity index (χ3v) is 3.07. The van der Waals surface area contributed by atoms with Crippen molar-refractivity contribution in [1.82, 2.24) is 15.0 Å². The van der Waals surface area contributed by atoms with Crippen molar-refractivity contribution < 1.29 is 5.11 Å². The van der Waals surface area contributed by atoms with Gasteiger partial charge in [0.05, 0.1) is 0 Å². The van der Waals surface area contributed by atoms with Crippen LogP contribution in [0.1, 0.15) is 58.3 Å². The van der Waals surface area contributed by atoms with Gasteiger partial charge in [-0.2, -0.15) is 15.0 Å². The summed E-state index contributed by atoms with van der Waals surface area (Å²) in [5.41, 5.74) is 0. The van der Waals surface area contributed by atoms with Gasteiger partial charge in [0, 0.05) is 6.61 Å². The Morgan fingerprint density at radius 2 is 1.05 bits per heavy atom. The highest BCUT2D eigenvalue weighted by molar-refractivity contribution is 6.33. The van der Waals surface area contributed by atoms with E-state index >= 15 is 0 Å². The summed E-state index contributed by atoms with van der Waals surface area (Å²) in [6.07, 6.45) is 10.4. The first-order valence-electron chi connectivity index (χ1n) is 6.93. The first-order valence-corrected chi connectivity index (χ1v) is 8.07. The van der Waals surface area contributed by atoms with Crippen LogP contribution in [0.3, 0.4) is 0 Å². The van der Waals surface area contributed by atoms with Crippen LogP contribution in [-0.4, -0.2) is 26.7 Å². The first kappa shape index (κ1) is 19.8. The van der Waals surface area contributed by atoms with E-state index in [1.165, 1.54) is 44.9 Å². The third kappa shape index (κ3) is 12.9. The molecular formula is C13H22Cl3N3O. The highest BCUT2D eigenvalue weighted by Gasteiger charge is 1.97. The zero-order chi connectivity index (χ0) is 15.2. The third-order valence-electron chi connectivity index (χ3n) is 2.57. The summed E-state index contributed by atoms with van der Waals surface area (Å²) in [5, 5.41) is 8.51. The van der Waals surface area contributed by atoms with Crippen LogP contribution in [0.2, 0.25) is 15.9 Å². The van der Waals surface area contributed by atoms with Gasteiger partial charge < -0.3 is 5.11 Å². The van der Waals surface area contributed by atoms with Gasteiger partial charge in [0.15, 0.2) is 0 Å². The van der Waals surface area contributed by atoms with Crippen LogP contribution in [0.5, 0.6) is 0 Å². The Bertz CT molecular complexity index is 295. The van der Waals surface area contributed by atoms with Crippen LogP contribution < -0.4 is 0 Å². The van der Waals surface area contributed by atoms with Gasteiger partial charge >= 0.3 is 0 Å². The van der Waals surface area contributed by atoms with E-state index in [0.717, 1.165) is 6.42 Å². The molecule has 20 heavy (non-hydrogen) atoms. The molecular weight excluding hydrogens is 321 g/mol. The summed E-state index contributed by atoms with van der Waals surface area (Å²) < 4.78 is 0. The first-order chi connectivity index (χ1) is 9.60. The van der Waals surface area contributed by atoms with Crippen LogP contribution in [0.15, 0.2) is 0 Å². The smallest absolute Gasteiger partial charge is 0.227 e. The maximum atomic E-state index is 8.51. The van der Waals surface area contributed by atoms with Crippen molar-refractivity contribution in [2.45, 2.75) is 58.3 Å². The fraction of sp³-hybridized carbons (Fsp3) is 0.769. The standard InChI is InChI=1S/C10H22O.C3Cl3N3/c1-2-3-4-5-6-7-8-9-10-11;4-1-7-2(5)9-3(6)8-1/h11H,2-10H2,1H3;. The van der Waals surface area contributed by atoms with Crippen LogP contribution in [-0.2, 0) is 0 Å². The number of aliphatic hydroxyl groups excluding tert-OH is 1. The molecule has 0 saturated carbocycles. The second-order valence-electron chi connectivity index (χ2n) is 4.34. The second kappa shape index (κ2) is 13.8. The van der Waals surface area contributed by atoms with Crippen molar-refractivity contribution in [3.05, 3.63) is 15.9 Å². The van der Waals surface area contributed by atoms with Crippen molar-refractivity contribution in [2.24, 2.45) is 0 Å². The minimum absolute atomic E-state index is 0.000000000000000444. The van der Waals surface area contributed by atoms with E-state index in [1.807, 2.05) is 0 Å². The Morgan fingerprint density at radius 3 is 1.40 bits per heavy atom. The SMILES string of the molecule is CCCCCCCCCCO.Clc1nc(Cl)nc(Cl)n1. The molecule has 0 saturated heterocycles. The molecule has 1 rings (SSSR count). The van der Waals surface area contributed by atoms with E-state index in [9.17, 15) is 0 Å². The van der Waals surface area contributed by atoms with E-state index in [2.05, 4.69) is 21.9 Å². The van der Waals surface area contributed by atoms with Gasteiger partial charge in [-0.3, -0.25) is 0 Å². The number of aromatic nitrogens is 3. The van der Waals surface area contributed by atoms with Crippen LogP contribution in [0.25, 0.3) is 0 Å². The average molecular weight is 343 g/mol. The summed E-state index contributed by atoms with van der Waals surface area (Å²) in [7, 11) is 0. The lowest BCUT2D eigenvalue weighted by atomic mass is 10.1. The van der Waals surface area contributed by atoms with Gasteiger partial charge in [-0.15, -0.1) is 0 Å². The molecule has 0 atom stereocenters. The number of hydrogen-bond donors (Lipinski definition) is 1. The normalized spacial score (nSPS) is 10.1. The van der Waals surface area contributed by atoms with Gasteiger partial charge in [0.1, 0.15) is 0 Å². The second-order valence-corrected chi connectivity index (χ2v) is 5.36. The number of aliphatic hydroxyl groups is 1. The summed E-state index contributed by atoms with van der Waals surface area (Å²) in [5.74, 6) is 0. The molecule has 0 unspecified atom stereocenters. The van der Waals surface area contributed by atoms with Crippen molar-refractivity contribution in [3.63, 3.8) is 0 Å². The molecule has 116 valence electrons. The van der Waals surface area contributed by atoms with Crippen molar-refractivity contribution >= 4 is 34.8 Å². The maximum Gasteiger partial charge on any atom is 0.227 e. The number of unbranched alkanes of at least 4 members (excludes halogenated alkanes) is 7. The van der Waals surface area contributed by atoms with Crippen molar-refractivity contribution in [1.29, 1.82) is 0 Å². The van der Waals surface area contributed by atoms with Crippen LogP contribution in [0, 0.1) is 0 Å². The van der Waals surface area contributed by atoms with Crippen LogP contribution >= 0.6 is 34.8 Å². The minimum Gasteiger partial charge on any atom is -0.396 e. The predicted octanol–water partition coefficient (Wildman–Crippen LogP) is 4.95. The van der Waals surface area contributed by atoms with Gasteiger partial charge in [-0.1, -0.05) is 51.9 Å². The summed E-state index contributed by atoms with van der Waals surface area (Å²) in [4.78, 5) is 10.4. The maximum absolute atomic E-state index is 8.51. The Hall–Kier alpha value is -0.160. The van der Waals surface area contributed by atoms with E-state index in [1.54, 1.807) is 0 Å². The van der Waals surface area contributed by atoms with E-state index in [-0.39, 0.29) is 15.9 Å². The minimum atomic E-state index is 0.000000000000000444. The molecule has 0 aliphatic rings. The number of hydrogen-bond acceptors (Lipinski definition) is 4. The number of nitrogens with zero attached hydrogens (tertiary/aromatic N) is 3. The lowest BCUT2D eigenvalue weighted by Crippen LogP contribution is -1.87. The summed E-state index contributed by atoms with van der Waals surface area (Å²) in [6.45, 7) is 2.61. The molecule has 7 heteroatoms. The lowest BCUT2D eigenvalue weighted by Gasteiger charge is -1.98. The largest absolute Gasteiger partial charge is 0.396 e. The molecule has 1 aromatic heterocycles. The summed E-state index contributed by atoms with van der Waals surface area (Å²) in [6, 6.07) is 0. The monoisotopic (exact) mass is 341 g/mol. The van der Waals surface area contributed by atoms with E-state index < -0.39 is 0 Å². The number of halogens is 3. The molecule has 0 bridgehead atoms. The summed E-state index contributed by atoms with van der Waals surface area (Å²) >= 11 is 16.0. The molecule has 0 aromatic carbocycles. The Kier molecular flexibility index (Phi) is 13.7.